The van der Waals surface area contributed by atoms with E-state index in [4.69, 9.17) is 21.3 Å². The molecule has 5 nitrogen and oxygen atoms in total. The minimum absolute atomic E-state index is 0.0952. The highest BCUT2D eigenvalue weighted by Gasteiger charge is 2.12. The number of amides is 1. The Bertz CT molecular complexity index is 1230. The largest absolute Gasteiger partial charge is 0.491 e. The minimum Gasteiger partial charge on any atom is -0.491 e. The maximum atomic E-state index is 12.3. The number of carbonyl (C=O) groups is 1. The summed E-state index contributed by atoms with van der Waals surface area (Å²) >= 11 is 5.90. The summed E-state index contributed by atoms with van der Waals surface area (Å²) in [6, 6.07) is 21.2. The van der Waals surface area contributed by atoms with Crippen LogP contribution in [0.4, 0.5) is 0 Å². The lowest BCUT2D eigenvalue weighted by Gasteiger charge is -2.14. The van der Waals surface area contributed by atoms with E-state index >= 15 is 0 Å². The van der Waals surface area contributed by atoms with Crippen LogP contribution in [0.2, 0.25) is 5.02 Å². The normalized spacial score (nSPS) is 11.0. The van der Waals surface area contributed by atoms with E-state index in [0.717, 1.165) is 46.6 Å². The first-order chi connectivity index (χ1) is 16.0. The van der Waals surface area contributed by atoms with Gasteiger partial charge in [-0.15, -0.1) is 0 Å². The quantitative estimate of drug-likeness (QED) is 0.323. The van der Waals surface area contributed by atoms with E-state index in [2.05, 4.69) is 41.9 Å². The van der Waals surface area contributed by atoms with Gasteiger partial charge < -0.3 is 14.6 Å². The van der Waals surface area contributed by atoms with E-state index in [1.54, 1.807) is 24.3 Å². The molecule has 0 saturated heterocycles. The van der Waals surface area contributed by atoms with E-state index in [-0.39, 0.29) is 5.91 Å². The van der Waals surface area contributed by atoms with Gasteiger partial charge in [0.1, 0.15) is 18.2 Å². The number of imidazole rings is 1. The van der Waals surface area contributed by atoms with Crippen LogP contribution in [-0.4, -0.2) is 28.6 Å². The number of aromatic nitrogens is 2. The zero-order valence-electron chi connectivity index (χ0n) is 19.0. The number of carbonyl (C=O) groups excluding carboxylic acids is 1. The van der Waals surface area contributed by atoms with Crippen molar-refractivity contribution in [2.24, 2.45) is 0 Å². The Morgan fingerprint density at radius 3 is 2.48 bits per heavy atom. The first-order valence-corrected chi connectivity index (χ1v) is 11.6. The van der Waals surface area contributed by atoms with Crippen molar-refractivity contribution in [3.05, 3.63) is 94.3 Å². The molecular weight excluding hydrogens is 434 g/mol. The smallest absolute Gasteiger partial charge is 0.251 e. The van der Waals surface area contributed by atoms with Crippen LogP contribution in [0.25, 0.3) is 11.0 Å². The highest BCUT2D eigenvalue weighted by atomic mass is 35.5. The molecule has 6 heteroatoms. The number of benzene rings is 3. The summed E-state index contributed by atoms with van der Waals surface area (Å²) in [6.45, 7) is 5.98. The standard InChI is InChI=1S/C27H28ClN3O2/c1-19-7-5-8-20(2)26(19)33-18-17-31-24-10-4-3-9-23(24)30-25(31)11-6-16-29-27(32)21-12-14-22(28)15-13-21/h3-5,7-10,12-15H,6,11,16-18H2,1-2H3,(H,29,32). The number of para-hydroxylation sites is 3. The van der Waals surface area contributed by atoms with Crippen molar-refractivity contribution in [2.45, 2.75) is 33.2 Å². The maximum Gasteiger partial charge on any atom is 0.251 e. The van der Waals surface area contributed by atoms with Gasteiger partial charge in [0, 0.05) is 23.6 Å². The zero-order chi connectivity index (χ0) is 23.2. The van der Waals surface area contributed by atoms with Gasteiger partial charge >= 0.3 is 0 Å². The van der Waals surface area contributed by atoms with E-state index in [1.165, 1.54) is 0 Å². The fourth-order valence-corrected chi connectivity index (χ4v) is 4.11. The summed E-state index contributed by atoms with van der Waals surface area (Å²) in [5, 5.41) is 3.59. The number of halogens is 1. The molecule has 33 heavy (non-hydrogen) atoms. The Balaban J connectivity index is 1.38. The fraction of sp³-hybridized carbons (Fsp3) is 0.259. The number of hydrogen-bond acceptors (Lipinski definition) is 3. The van der Waals surface area contributed by atoms with Crippen molar-refractivity contribution in [3.63, 3.8) is 0 Å². The molecule has 0 radical (unpaired) electrons. The van der Waals surface area contributed by atoms with Crippen molar-refractivity contribution in [2.75, 3.05) is 13.2 Å². The fourth-order valence-electron chi connectivity index (χ4n) is 3.98. The Kier molecular flexibility index (Phi) is 7.30. The second-order valence-electron chi connectivity index (χ2n) is 8.10. The van der Waals surface area contributed by atoms with Gasteiger partial charge in [-0.25, -0.2) is 4.98 Å². The number of fused-ring (bicyclic) bond motifs is 1. The van der Waals surface area contributed by atoms with E-state index in [0.29, 0.717) is 30.3 Å². The van der Waals surface area contributed by atoms with Gasteiger partial charge in [0.2, 0.25) is 0 Å². The SMILES string of the molecule is Cc1cccc(C)c1OCCn1c(CCCNC(=O)c2ccc(Cl)cc2)nc2ccccc21. The summed E-state index contributed by atoms with van der Waals surface area (Å²) < 4.78 is 8.37. The summed E-state index contributed by atoms with van der Waals surface area (Å²) in [7, 11) is 0. The number of aryl methyl sites for hydroxylation is 3. The first-order valence-electron chi connectivity index (χ1n) is 11.2. The average molecular weight is 462 g/mol. The highest BCUT2D eigenvalue weighted by molar-refractivity contribution is 6.30. The monoisotopic (exact) mass is 461 g/mol. The molecule has 170 valence electrons. The average Bonchev–Trinajstić information content (AvgIpc) is 3.16. The first kappa shape index (κ1) is 22.9. The van der Waals surface area contributed by atoms with Crippen LogP contribution in [0.5, 0.6) is 5.75 Å². The van der Waals surface area contributed by atoms with Crippen molar-refractivity contribution < 1.29 is 9.53 Å². The molecule has 1 aromatic heterocycles. The topological polar surface area (TPSA) is 56.1 Å². The second-order valence-corrected chi connectivity index (χ2v) is 8.54. The number of ether oxygens (including phenoxy) is 1. The lowest BCUT2D eigenvalue weighted by Crippen LogP contribution is -2.25. The molecule has 0 saturated carbocycles. The van der Waals surface area contributed by atoms with Gasteiger partial charge in [0.25, 0.3) is 5.91 Å². The van der Waals surface area contributed by atoms with E-state index < -0.39 is 0 Å². The lowest BCUT2D eigenvalue weighted by molar-refractivity contribution is 0.0953. The highest BCUT2D eigenvalue weighted by Crippen LogP contribution is 2.23. The maximum absolute atomic E-state index is 12.3. The Morgan fingerprint density at radius 1 is 1.00 bits per heavy atom. The van der Waals surface area contributed by atoms with Crippen LogP contribution in [0.15, 0.2) is 66.7 Å². The van der Waals surface area contributed by atoms with Gasteiger partial charge in [0.05, 0.1) is 17.6 Å². The van der Waals surface area contributed by atoms with E-state index in [9.17, 15) is 4.79 Å². The molecule has 3 aromatic carbocycles. The third-order valence-corrected chi connectivity index (χ3v) is 5.92. The molecule has 0 aliphatic heterocycles. The number of rotatable bonds is 9. The molecule has 0 aliphatic carbocycles. The molecule has 1 amide bonds. The summed E-state index contributed by atoms with van der Waals surface area (Å²) in [6.07, 6.45) is 1.55. The zero-order valence-corrected chi connectivity index (χ0v) is 19.7. The number of nitrogens with one attached hydrogen (secondary N) is 1. The Labute approximate surface area is 199 Å². The van der Waals surface area contributed by atoms with Crippen LogP contribution in [-0.2, 0) is 13.0 Å². The molecule has 0 unspecified atom stereocenters. The van der Waals surface area contributed by atoms with Crippen molar-refractivity contribution in [1.82, 2.24) is 14.9 Å². The third-order valence-electron chi connectivity index (χ3n) is 5.67. The van der Waals surface area contributed by atoms with Gasteiger partial charge in [-0.2, -0.15) is 0 Å². The van der Waals surface area contributed by atoms with Gasteiger partial charge in [-0.3, -0.25) is 4.79 Å². The molecule has 0 aliphatic rings. The molecule has 1 heterocycles. The van der Waals surface area contributed by atoms with Crippen molar-refractivity contribution in [3.8, 4) is 5.75 Å². The number of nitrogens with zero attached hydrogens (tertiary/aromatic N) is 2. The van der Waals surface area contributed by atoms with Gasteiger partial charge in [0.15, 0.2) is 0 Å². The lowest BCUT2D eigenvalue weighted by atomic mass is 10.1. The molecule has 4 aromatic rings. The van der Waals surface area contributed by atoms with Crippen LogP contribution in [0.3, 0.4) is 0 Å². The summed E-state index contributed by atoms with van der Waals surface area (Å²) in [4.78, 5) is 17.2. The van der Waals surface area contributed by atoms with E-state index in [1.807, 2.05) is 24.3 Å². The number of hydrogen-bond donors (Lipinski definition) is 1. The van der Waals surface area contributed by atoms with Gasteiger partial charge in [-0.1, -0.05) is 41.9 Å². The second kappa shape index (κ2) is 10.5. The third kappa shape index (κ3) is 5.55. The molecular formula is C27H28ClN3O2. The van der Waals surface area contributed by atoms with Gasteiger partial charge in [-0.05, 0) is 67.8 Å². The summed E-state index contributed by atoms with van der Waals surface area (Å²) in [5.41, 5.74) is 4.96. The van der Waals surface area contributed by atoms with Crippen LogP contribution in [0, 0.1) is 13.8 Å². The minimum atomic E-state index is -0.0952. The Hall–Kier alpha value is -3.31. The molecule has 0 spiro atoms. The summed E-state index contributed by atoms with van der Waals surface area (Å²) in [5.74, 6) is 1.86. The van der Waals surface area contributed by atoms with Crippen molar-refractivity contribution in [1.29, 1.82) is 0 Å². The van der Waals surface area contributed by atoms with Crippen LogP contribution < -0.4 is 10.1 Å². The molecule has 0 fully saturated rings. The van der Waals surface area contributed by atoms with Crippen LogP contribution in [0.1, 0.15) is 33.7 Å². The molecule has 0 atom stereocenters. The Morgan fingerprint density at radius 2 is 1.73 bits per heavy atom. The molecule has 1 N–H and O–H groups in total. The van der Waals surface area contributed by atoms with Crippen molar-refractivity contribution >= 4 is 28.5 Å². The van der Waals surface area contributed by atoms with Crippen LogP contribution >= 0.6 is 11.6 Å². The molecule has 4 rings (SSSR count). The predicted octanol–water partition coefficient (Wildman–Crippen LogP) is 5.75. The molecule has 0 bridgehead atoms. The predicted molar refractivity (Wildman–Crippen MR) is 133 cm³/mol.